The van der Waals surface area contributed by atoms with E-state index in [1.54, 1.807) is 13.0 Å². The summed E-state index contributed by atoms with van der Waals surface area (Å²) in [5.74, 6) is 0.486. The number of furan rings is 1. The Morgan fingerprint density at radius 2 is 2.11 bits per heavy atom. The van der Waals surface area contributed by atoms with Crippen molar-refractivity contribution in [2.45, 2.75) is 20.4 Å². The van der Waals surface area contributed by atoms with Crippen LogP contribution in [0.15, 0.2) is 34.9 Å². The Kier molecular flexibility index (Phi) is 3.37. The van der Waals surface area contributed by atoms with E-state index in [0.29, 0.717) is 17.9 Å². The molecule has 1 amide bonds. The van der Waals surface area contributed by atoms with Crippen LogP contribution in [0.1, 0.15) is 27.2 Å². The van der Waals surface area contributed by atoms with Gasteiger partial charge in [-0.1, -0.05) is 12.1 Å². The molecule has 1 aromatic carbocycles. The molecule has 2 aromatic rings. The molecule has 0 spiro atoms. The number of nitrogens with two attached hydrogens (primary N) is 1. The lowest BCUT2D eigenvalue weighted by Gasteiger charge is -2.09. The predicted octanol–water partition coefficient (Wildman–Crippen LogP) is 2.41. The van der Waals surface area contributed by atoms with Crippen molar-refractivity contribution < 1.29 is 9.21 Å². The molecule has 0 saturated heterocycles. The molecule has 0 fully saturated rings. The first-order valence-electron chi connectivity index (χ1n) is 5.76. The lowest BCUT2D eigenvalue weighted by Crippen LogP contribution is -2.23. The molecule has 3 N–H and O–H groups in total. The van der Waals surface area contributed by atoms with Gasteiger partial charge in [0.1, 0.15) is 5.76 Å². The van der Waals surface area contributed by atoms with Crippen molar-refractivity contribution in [3.05, 3.63) is 53.0 Å². The predicted molar refractivity (Wildman–Crippen MR) is 70.2 cm³/mol. The number of carbonyl (C=O) groups excluding carboxylic acids is 1. The maximum Gasteiger partial charge on any atom is 0.255 e. The monoisotopic (exact) mass is 244 g/mol. The number of nitrogen functional groups attached to an aromatic ring is 1. The minimum Gasteiger partial charge on any atom is -0.469 e. The van der Waals surface area contributed by atoms with E-state index in [1.807, 2.05) is 25.1 Å². The molecule has 4 heteroatoms. The molecule has 0 saturated carbocycles. The first-order chi connectivity index (χ1) is 8.59. The molecule has 94 valence electrons. The first-order valence-corrected chi connectivity index (χ1v) is 5.76. The maximum absolute atomic E-state index is 11.9. The zero-order valence-corrected chi connectivity index (χ0v) is 10.5. The van der Waals surface area contributed by atoms with Crippen LogP contribution in [0.4, 0.5) is 5.69 Å². The molecule has 0 bridgehead atoms. The number of carbonyl (C=O) groups is 1. The van der Waals surface area contributed by atoms with Gasteiger partial charge in [0.2, 0.25) is 0 Å². The number of hydrogen-bond donors (Lipinski definition) is 2. The van der Waals surface area contributed by atoms with Crippen molar-refractivity contribution in [2.75, 3.05) is 5.73 Å². The van der Waals surface area contributed by atoms with Gasteiger partial charge in [-0.15, -0.1) is 0 Å². The molecule has 4 nitrogen and oxygen atoms in total. The Hall–Kier alpha value is -2.23. The van der Waals surface area contributed by atoms with Gasteiger partial charge in [0.25, 0.3) is 5.91 Å². The van der Waals surface area contributed by atoms with Gasteiger partial charge < -0.3 is 15.5 Å². The summed E-state index contributed by atoms with van der Waals surface area (Å²) < 4.78 is 5.10. The third-order valence-corrected chi connectivity index (χ3v) is 3.03. The quantitative estimate of drug-likeness (QED) is 0.815. The van der Waals surface area contributed by atoms with Crippen molar-refractivity contribution in [2.24, 2.45) is 0 Å². The van der Waals surface area contributed by atoms with Gasteiger partial charge in [-0.25, -0.2) is 0 Å². The molecule has 1 heterocycles. The molecular weight excluding hydrogens is 228 g/mol. The van der Waals surface area contributed by atoms with Crippen LogP contribution in [-0.2, 0) is 6.54 Å². The summed E-state index contributed by atoms with van der Waals surface area (Å²) in [6, 6.07) is 7.35. The summed E-state index contributed by atoms with van der Waals surface area (Å²) >= 11 is 0. The van der Waals surface area contributed by atoms with Gasteiger partial charge in [-0.2, -0.15) is 0 Å². The minimum absolute atomic E-state index is 0.136. The van der Waals surface area contributed by atoms with Gasteiger partial charge in [0.15, 0.2) is 0 Å². The van der Waals surface area contributed by atoms with Crippen molar-refractivity contribution in [3.63, 3.8) is 0 Å². The highest BCUT2D eigenvalue weighted by Gasteiger charge is 2.11. The molecule has 0 aliphatic carbocycles. The topological polar surface area (TPSA) is 68.3 Å². The minimum atomic E-state index is -0.136. The van der Waals surface area contributed by atoms with Crippen LogP contribution in [0, 0.1) is 13.8 Å². The fourth-order valence-corrected chi connectivity index (χ4v) is 1.79. The third-order valence-electron chi connectivity index (χ3n) is 3.03. The second-order valence-corrected chi connectivity index (χ2v) is 4.20. The fraction of sp³-hybridized carbons (Fsp3) is 0.214. The number of amides is 1. The summed E-state index contributed by atoms with van der Waals surface area (Å²) in [7, 11) is 0. The number of aryl methyl sites for hydroxylation is 1. The summed E-state index contributed by atoms with van der Waals surface area (Å²) in [6.07, 6.45) is 1.51. The van der Waals surface area contributed by atoms with E-state index >= 15 is 0 Å². The van der Waals surface area contributed by atoms with Crippen molar-refractivity contribution in [1.82, 2.24) is 5.32 Å². The average Bonchev–Trinajstić information content (AvgIpc) is 2.77. The van der Waals surface area contributed by atoms with Gasteiger partial charge in [-0.05, 0) is 37.1 Å². The van der Waals surface area contributed by atoms with E-state index in [4.69, 9.17) is 10.2 Å². The number of hydrogen-bond acceptors (Lipinski definition) is 3. The largest absolute Gasteiger partial charge is 0.469 e. The molecule has 0 aliphatic rings. The molecule has 1 aromatic heterocycles. The highest BCUT2D eigenvalue weighted by Crippen LogP contribution is 2.15. The standard InChI is InChI=1S/C14H16N2O2/c1-9-11(4-3-5-13(9)15)8-16-14(17)12-6-7-18-10(12)2/h3-7H,8,15H2,1-2H3,(H,16,17). The summed E-state index contributed by atoms with van der Waals surface area (Å²) in [5.41, 5.74) is 9.14. The summed E-state index contributed by atoms with van der Waals surface area (Å²) in [5, 5.41) is 2.86. The number of rotatable bonds is 3. The zero-order valence-electron chi connectivity index (χ0n) is 10.5. The van der Waals surface area contributed by atoms with Crippen LogP contribution < -0.4 is 11.1 Å². The second kappa shape index (κ2) is 4.96. The molecule has 0 aliphatic heterocycles. The first kappa shape index (κ1) is 12.2. The van der Waals surface area contributed by atoms with E-state index in [0.717, 1.165) is 16.8 Å². The lowest BCUT2D eigenvalue weighted by atomic mass is 10.1. The van der Waals surface area contributed by atoms with Crippen LogP contribution in [0.25, 0.3) is 0 Å². The van der Waals surface area contributed by atoms with Crippen LogP contribution in [0.5, 0.6) is 0 Å². The highest BCUT2D eigenvalue weighted by atomic mass is 16.3. The zero-order chi connectivity index (χ0) is 13.1. The summed E-state index contributed by atoms with van der Waals surface area (Å²) in [4.78, 5) is 11.9. The maximum atomic E-state index is 11.9. The Bertz CT molecular complexity index is 573. The van der Waals surface area contributed by atoms with E-state index in [1.165, 1.54) is 6.26 Å². The number of benzene rings is 1. The number of nitrogens with one attached hydrogen (secondary N) is 1. The van der Waals surface area contributed by atoms with Gasteiger partial charge in [-0.3, -0.25) is 4.79 Å². The lowest BCUT2D eigenvalue weighted by molar-refractivity contribution is 0.0949. The van der Waals surface area contributed by atoms with E-state index in [2.05, 4.69) is 5.32 Å². The van der Waals surface area contributed by atoms with Crippen LogP contribution in [0.3, 0.4) is 0 Å². The number of anilines is 1. The van der Waals surface area contributed by atoms with Crippen molar-refractivity contribution in [3.8, 4) is 0 Å². The Labute approximate surface area is 106 Å². The third kappa shape index (κ3) is 2.37. The Balaban J connectivity index is 2.06. The van der Waals surface area contributed by atoms with Crippen LogP contribution in [-0.4, -0.2) is 5.91 Å². The second-order valence-electron chi connectivity index (χ2n) is 4.20. The SMILES string of the molecule is Cc1occc1C(=O)NCc1cccc(N)c1C. The molecule has 0 atom stereocenters. The van der Waals surface area contributed by atoms with Crippen LogP contribution >= 0.6 is 0 Å². The van der Waals surface area contributed by atoms with Gasteiger partial charge in [0, 0.05) is 12.2 Å². The smallest absolute Gasteiger partial charge is 0.255 e. The van der Waals surface area contributed by atoms with E-state index in [-0.39, 0.29) is 5.91 Å². The highest BCUT2D eigenvalue weighted by molar-refractivity contribution is 5.95. The van der Waals surface area contributed by atoms with Crippen LogP contribution in [0.2, 0.25) is 0 Å². The molecule has 0 unspecified atom stereocenters. The Morgan fingerprint density at radius 1 is 1.33 bits per heavy atom. The van der Waals surface area contributed by atoms with E-state index < -0.39 is 0 Å². The summed E-state index contributed by atoms with van der Waals surface area (Å²) in [6.45, 7) is 4.17. The van der Waals surface area contributed by atoms with E-state index in [9.17, 15) is 4.79 Å². The molecule has 2 rings (SSSR count). The Morgan fingerprint density at radius 3 is 2.78 bits per heavy atom. The molecule has 18 heavy (non-hydrogen) atoms. The average molecular weight is 244 g/mol. The fourth-order valence-electron chi connectivity index (χ4n) is 1.79. The molecular formula is C14H16N2O2. The van der Waals surface area contributed by atoms with Gasteiger partial charge >= 0.3 is 0 Å². The van der Waals surface area contributed by atoms with Gasteiger partial charge in [0.05, 0.1) is 11.8 Å². The van der Waals surface area contributed by atoms with Crippen molar-refractivity contribution >= 4 is 11.6 Å². The normalized spacial score (nSPS) is 10.3. The van der Waals surface area contributed by atoms with Crippen molar-refractivity contribution in [1.29, 1.82) is 0 Å². The molecule has 0 radical (unpaired) electrons.